The van der Waals surface area contributed by atoms with Gasteiger partial charge in [0.25, 0.3) is 5.56 Å². The number of aromatic nitrogens is 3. The SMILES string of the molecule is C#Cc1cccc(-c2cc(=O)n(C)c3ncc(C(F)c4ccc(Cl)cc4)cc23)n1. The van der Waals surface area contributed by atoms with E-state index in [1.807, 2.05) is 0 Å². The number of hydrogen-bond donors (Lipinski definition) is 0. The fourth-order valence-corrected chi connectivity index (χ4v) is 3.31. The number of alkyl halides is 1. The first kappa shape index (κ1) is 18.9. The topological polar surface area (TPSA) is 47.8 Å². The van der Waals surface area contributed by atoms with Crippen molar-refractivity contribution < 1.29 is 4.39 Å². The Hall–Kier alpha value is -3.49. The van der Waals surface area contributed by atoms with E-state index >= 15 is 4.39 Å². The van der Waals surface area contributed by atoms with Crippen LogP contribution in [-0.2, 0) is 7.05 Å². The highest BCUT2D eigenvalue weighted by atomic mass is 35.5. The van der Waals surface area contributed by atoms with Crippen molar-refractivity contribution in [3.63, 3.8) is 0 Å². The predicted octanol–water partition coefficient (Wildman–Crippen LogP) is 4.69. The minimum Gasteiger partial charge on any atom is -0.296 e. The molecule has 0 amide bonds. The second-order valence-electron chi connectivity index (χ2n) is 6.56. The van der Waals surface area contributed by atoms with Crippen molar-refractivity contribution in [3.8, 4) is 23.6 Å². The summed E-state index contributed by atoms with van der Waals surface area (Å²) >= 11 is 5.90. The summed E-state index contributed by atoms with van der Waals surface area (Å²) in [7, 11) is 1.62. The number of benzene rings is 1. The Morgan fingerprint density at radius 3 is 2.62 bits per heavy atom. The summed E-state index contributed by atoms with van der Waals surface area (Å²) in [5.74, 6) is 2.49. The summed E-state index contributed by atoms with van der Waals surface area (Å²) in [5, 5.41) is 1.15. The molecule has 0 aliphatic carbocycles. The zero-order valence-corrected chi connectivity index (χ0v) is 16.2. The van der Waals surface area contributed by atoms with E-state index in [4.69, 9.17) is 18.0 Å². The van der Waals surface area contributed by atoms with Crippen molar-refractivity contribution in [3.05, 3.63) is 93.0 Å². The molecule has 3 heterocycles. The van der Waals surface area contributed by atoms with Crippen LogP contribution in [0.15, 0.2) is 65.6 Å². The lowest BCUT2D eigenvalue weighted by molar-refractivity contribution is 0.401. The molecule has 0 saturated carbocycles. The molecular weight excluding hydrogens is 389 g/mol. The van der Waals surface area contributed by atoms with E-state index in [0.29, 0.717) is 44.1 Å². The summed E-state index contributed by atoms with van der Waals surface area (Å²) in [6, 6.07) is 14.9. The first-order chi connectivity index (χ1) is 14.0. The van der Waals surface area contributed by atoms with Gasteiger partial charge in [-0.15, -0.1) is 6.42 Å². The van der Waals surface area contributed by atoms with Gasteiger partial charge in [0.1, 0.15) is 11.3 Å². The van der Waals surface area contributed by atoms with Gasteiger partial charge in [0.15, 0.2) is 6.17 Å². The molecule has 0 fully saturated rings. The molecule has 1 aromatic carbocycles. The van der Waals surface area contributed by atoms with Crippen LogP contribution in [0.5, 0.6) is 0 Å². The largest absolute Gasteiger partial charge is 0.296 e. The summed E-state index contributed by atoms with van der Waals surface area (Å²) in [4.78, 5) is 21.2. The predicted molar refractivity (Wildman–Crippen MR) is 113 cm³/mol. The van der Waals surface area contributed by atoms with E-state index in [0.717, 1.165) is 0 Å². The smallest absolute Gasteiger partial charge is 0.252 e. The fraction of sp³-hybridized carbons (Fsp3) is 0.0870. The Balaban J connectivity index is 1.93. The monoisotopic (exact) mass is 403 g/mol. The number of terminal acetylenes is 1. The van der Waals surface area contributed by atoms with Gasteiger partial charge in [0.05, 0.1) is 5.69 Å². The second kappa shape index (κ2) is 7.50. The molecule has 4 aromatic rings. The van der Waals surface area contributed by atoms with E-state index in [9.17, 15) is 4.79 Å². The second-order valence-corrected chi connectivity index (χ2v) is 7.00. The van der Waals surface area contributed by atoms with Crippen LogP contribution in [-0.4, -0.2) is 14.5 Å². The normalized spacial score (nSPS) is 11.9. The lowest BCUT2D eigenvalue weighted by Gasteiger charge is -2.13. The van der Waals surface area contributed by atoms with Gasteiger partial charge in [-0.1, -0.05) is 35.7 Å². The highest BCUT2D eigenvalue weighted by molar-refractivity contribution is 6.30. The molecule has 0 spiro atoms. The quantitative estimate of drug-likeness (QED) is 0.466. The maximum absolute atomic E-state index is 15.2. The molecule has 1 unspecified atom stereocenters. The molecule has 0 radical (unpaired) electrons. The van der Waals surface area contributed by atoms with Gasteiger partial charge in [-0.2, -0.15) is 0 Å². The van der Waals surface area contributed by atoms with Gasteiger partial charge in [-0.05, 0) is 35.9 Å². The minimum atomic E-state index is -1.39. The van der Waals surface area contributed by atoms with Gasteiger partial charge >= 0.3 is 0 Å². The third-order valence-electron chi connectivity index (χ3n) is 4.72. The van der Waals surface area contributed by atoms with Crippen molar-refractivity contribution in [1.82, 2.24) is 14.5 Å². The number of hydrogen-bond acceptors (Lipinski definition) is 3. The van der Waals surface area contributed by atoms with E-state index in [2.05, 4.69) is 15.9 Å². The van der Waals surface area contributed by atoms with Crippen LogP contribution >= 0.6 is 11.6 Å². The Morgan fingerprint density at radius 2 is 1.90 bits per heavy atom. The van der Waals surface area contributed by atoms with Gasteiger partial charge in [-0.3, -0.25) is 9.36 Å². The molecule has 0 N–H and O–H groups in total. The number of nitrogens with zero attached hydrogens (tertiary/aromatic N) is 3. The van der Waals surface area contributed by atoms with Crippen LogP contribution in [0.3, 0.4) is 0 Å². The lowest BCUT2D eigenvalue weighted by Crippen LogP contribution is -2.17. The minimum absolute atomic E-state index is 0.241. The average Bonchev–Trinajstić information content (AvgIpc) is 2.76. The van der Waals surface area contributed by atoms with E-state index in [1.54, 1.807) is 55.6 Å². The van der Waals surface area contributed by atoms with Crippen LogP contribution in [0.2, 0.25) is 5.02 Å². The molecular formula is C23H15ClFN3O. The van der Waals surface area contributed by atoms with Gasteiger partial charge < -0.3 is 0 Å². The van der Waals surface area contributed by atoms with Crippen molar-refractivity contribution in [2.75, 3.05) is 0 Å². The first-order valence-electron chi connectivity index (χ1n) is 8.81. The lowest BCUT2D eigenvalue weighted by atomic mass is 10.0. The maximum Gasteiger partial charge on any atom is 0.252 e. The zero-order valence-electron chi connectivity index (χ0n) is 15.4. The first-order valence-corrected chi connectivity index (χ1v) is 9.19. The average molecular weight is 404 g/mol. The molecule has 0 saturated heterocycles. The standard InChI is InChI=1S/C23H15ClFN3O/c1-3-17-5-4-6-20(27-17)18-12-21(29)28(2)23-19(18)11-15(13-26-23)22(25)14-7-9-16(24)10-8-14/h1,4-13,22H,2H3. The highest BCUT2D eigenvalue weighted by Crippen LogP contribution is 2.31. The zero-order chi connectivity index (χ0) is 20.5. The molecule has 4 rings (SSSR count). The molecule has 3 aromatic heterocycles. The molecule has 29 heavy (non-hydrogen) atoms. The maximum atomic E-state index is 15.2. The van der Waals surface area contributed by atoms with Crippen LogP contribution in [0.25, 0.3) is 22.3 Å². The van der Waals surface area contributed by atoms with Gasteiger partial charge in [0.2, 0.25) is 0 Å². The van der Waals surface area contributed by atoms with Crippen LogP contribution in [0, 0.1) is 12.3 Å². The Labute approximate surface area is 171 Å². The van der Waals surface area contributed by atoms with Crippen molar-refractivity contribution in [2.24, 2.45) is 7.05 Å². The van der Waals surface area contributed by atoms with E-state index in [1.165, 1.54) is 16.8 Å². The van der Waals surface area contributed by atoms with E-state index in [-0.39, 0.29) is 5.56 Å². The highest BCUT2D eigenvalue weighted by Gasteiger charge is 2.17. The van der Waals surface area contributed by atoms with Crippen molar-refractivity contribution in [2.45, 2.75) is 6.17 Å². The summed E-state index contributed by atoms with van der Waals surface area (Å²) in [6.07, 6.45) is 5.50. The fourth-order valence-electron chi connectivity index (χ4n) is 3.18. The van der Waals surface area contributed by atoms with Gasteiger partial charge in [0, 0.05) is 40.8 Å². The number of rotatable bonds is 3. The van der Waals surface area contributed by atoms with E-state index < -0.39 is 6.17 Å². The van der Waals surface area contributed by atoms with Crippen LogP contribution in [0.1, 0.15) is 23.0 Å². The Bertz CT molecular complexity index is 1320. The van der Waals surface area contributed by atoms with Crippen molar-refractivity contribution >= 4 is 22.6 Å². The number of fused-ring (bicyclic) bond motifs is 1. The number of aryl methyl sites for hydroxylation is 1. The molecule has 0 aliphatic rings. The molecule has 1 atom stereocenters. The van der Waals surface area contributed by atoms with Crippen LogP contribution in [0.4, 0.5) is 4.39 Å². The summed E-state index contributed by atoms with van der Waals surface area (Å²) in [5.41, 5.74) is 2.57. The number of pyridine rings is 3. The third-order valence-corrected chi connectivity index (χ3v) is 4.97. The van der Waals surface area contributed by atoms with Gasteiger partial charge in [-0.25, -0.2) is 14.4 Å². The third kappa shape index (κ3) is 3.51. The Kier molecular flexibility index (Phi) is 4.87. The molecule has 142 valence electrons. The molecule has 0 aliphatic heterocycles. The molecule has 4 nitrogen and oxygen atoms in total. The summed E-state index contributed by atoms with van der Waals surface area (Å²) in [6.45, 7) is 0. The van der Waals surface area contributed by atoms with Crippen LogP contribution < -0.4 is 5.56 Å². The van der Waals surface area contributed by atoms with Crippen molar-refractivity contribution in [1.29, 1.82) is 0 Å². The summed E-state index contributed by atoms with van der Waals surface area (Å²) < 4.78 is 16.6. The Morgan fingerprint density at radius 1 is 1.14 bits per heavy atom. The molecule has 0 bridgehead atoms. The molecule has 6 heteroatoms. The number of halogens is 2.